The van der Waals surface area contributed by atoms with Crippen molar-refractivity contribution in [1.29, 1.82) is 0 Å². The van der Waals surface area contributed by atoms with Crippen molar-refractivity contribution in [2.45, 2.75) is 6.92 Å². The highest BCUT2D eigenvalue weighted by Crippen LogP contribution is 2.39. The summed E-state index contributed by atoms with van der Waals surface area (Å²) in [6, 6.07) is 8.56. The molecule has 0 aliphatic heterocycles. The maximum Gasteiger partial charge on any atom is 0.336 e. The van der Waals surface area contributed by atoms with Gasteiger partial charge in [-0.15, -0.1) is 0 Å². The first-order valence-corrected chi connectivity index (χ1v) is 9.58. The monoisotopic (exact) mass is 447 g/mol. The number of rotatable bonds is 6. The smallest absolute Gasteiger partial charge is 0.336 e. The molecule has 0 aliphatic rings. The van der Waals surface area contributed by atoms with Crippen LogP contribution in [0.1, 0.15) is 11.3 Å². The van der Waals surface area contributed by atoms with Gasteiger partial charge in [0.1, 0.15) is 5.52 Å². The Kier molecular flexibility index (Phi) is 6.70. The van der Waals surface area contributed by atoms with Crippen LogP contribution in [0.5, 0.6) is 23.0 Å². The van der Waals surface area contributed by atoms with Crippen LogP contribution < -0.4 is 18.9 Å². The Labute approximate surface area is 183 Å². The van der Waals surface area contributed by atoms with Crippen LogP contribution in [0.25, 0.3) is 17.0 Å². The number of aryl methyl sites for hydroxylation is 1. The highest BCUT2D eigenvalue weighted by atomic mass is 35.5. The first kappa shape index (κ1) is 21.7. The standard InChI is InChI=1S/C22H19Cl2NO5/c1-12-5-7-14-15(23)11-16(24)21(20(14)25-12)30-19(26)8-6-13-9-17(27-2)22(29-4)18(10-13)28-3/h5-11H,1-4H3. The number of hydrogen-bond acceptors (Lipinski definition) is 6. The van der Waals surface area contributed by atoms with Gasteiger partial charge in [0, 0.05) is 17.2 Å². The number of methoxy groups -OCH3 is 3. The zero-order valence-corrected chi connectivity index (χ0v) is 18.3. The molecular formula is C22H19Cl2NO5. The fraction of sp³-hybridized carbons (Fsp3) is 0.182. The van der Waals surface area contributed by atoms with Crippen molar-refractivity contribution in [3.63, 3.8) is 0 Å². The molecule has 0 bridgehead atoms. The van der Waals surface area contributed by atoms with Crippen LogP contribution >= 0.6 is 23.2 Å². The number of carbonyl (C=O) groups excluding carboxylic acids is 1. The second-order valence-corrected chi connectivity index (χ2v) is 7.05. The van der Waals surface area contributed by atoms with Gasteiger partial charge in [0.2, 0.25) is 5.75 Å². The number of hydrogen-bond donors (Lipinski definition) is 0. The molecule has 1 aromatic heterocycles. The highest BCUT2D eigenvalue weighted by molar-refractivity contribution is 6.39. The molecule has 156 valence electrons. The lowest BCUT2D eigenvalue weighted by molar-refractivity contribution is -0.128. The van der Waals surface area contributed by atoms with E-state index in [2.05, 4.69) is 4.98 Å². The third-order valence-corrected chi connectivity index (χ3v) is 4.87. The van der Waals surface area contributed by atoms with Gasteiger partial charge in [-0.1, -0.05) is 23.2 Å². The van der Waals surface area contributed by atoms with Gasteiger partial charge in [-0.2, -0.15) is 0 Å². The van der Waals surface area contributed by atoms with E-state index < -0.39 is 5.97 Å². The average molecular weight is 448 g/mol. The van der Waals surface area contributed by atoms with Crippen molar-refractivity contribution < 1.29 is 23.7 Å². The summed E-state index contributed by atoms with van der Waals surface area (Å²) in [5.41, 5.74) is 1.82. The van der Waals surface area contributed by atoms with Crippen LogP contribution in [0, 0.1) is 6.92 Å². The molecule has 0 N–H and O–H groups in total. The second-order valence-electron chi connectivity index (χ2n) is 6.23. The molecule has 0 fully saturated rings. The van der Waals surface area contributed by atoms with Crippen LogP contribution in [-0.4, -0.2) is 32.3 Å². The fourth-order valence-corrected chi connectivity index (χ4v) is 3.44. The maximum atomic E-state index is 12.5. The maximum absolute atomic E-state index is 12.5. The summed E-state index contributed by atoms with van der Waals surface area (Å²) in [6.45, 7) is 1.82. The average Bonchev–Trinajstić information content (AvgIpc) is 2.74. The van der Waals surface area contributed by atoms with E-state index in [-0.39, 0.29) is 10.8 Å². The minimum atomic E-state index is -0.627. The van der Waals surface area contributed by atoms with E-state index in [1.807, 2.05) is 13.0 Å². The zero-order valence-electron chi connectivity index (χ0n) is 16.8. The zero-order chi connectivity index (χ0) is 21.8. The predicted octanol–water partition coefficient (Wildman–Crippen LogP) is 5.49. The van der Waals surface area contributed by atoms with Crippen molar-refractivity contribution in [3.8, 4) is 23.0 Å². The minimum absolute atomic E-state index is 0.152. The largest absolute Gasteiger partial charge is 0.493 e. The summed E-state index contributed by atoms with van der Waals surface area (Å²) in [6.07, 6.45) is 2.84. The number of esters is 1. The summed E-state index contributed by atoms with van der Waals surface area (Å²) < 4.78 is 21.4. The Balaban J connectivity index is 1.91. The summed E-state index contributed by atoms with van der Waals surface area (Å²) in [7, 11) is 4.55. The lowest BCUT2D eigenvalue weighted by atomic mass is 10.1. The molecule has 6 nitrogen and oxygen atoms in total. The summed E-state index contributed by atoms with van der Waals surface area (Å²) in [5, 5.41) is 1.26. The summed E-state index contributed by atoms with van der Waals surface area (Å²) >= 11 is 12.5. The molecule has 30 heavy (non-hydrogen) atoms. The SMILES string of the molecule is COc1cc(C=CC(=O)Oc2c(Cl)cc(Cl)c3ccc(C)nc23)cc(OC)c1OC. The predicted molar refractivity (Wildman–Crippen MR) is 117 cm³/mol. The van der Waals surface area contributed by atoms with Gasteiger partial charge in [-0.25, -0.2) is 9.78 Å². The van der Waals surface area contributed by atoms with Crippen molar-refractivity contribution in [2.24, 2.45) is 0 Å². The molecule has 0 saturated carbocycles. The van der Waals surface area contributed by atoms with Crippen LogP contribution in [0.3, 0.4) is 0 Å². The van der Waals surface area contributed by atoms with Crippen molar-refractivity contribution in [3.05, 3.63) is 57.7 Å². The van der Waals surface area contributed by atoms with Gasteiger partial charge in [0.15, 0.2) is 17.2 Å². The van der Waals surface area contributed by atoms with E-state index >= 15 is 0 Å². The van der Waals surface area contributed by atoms with Crippen molar-refractivity contribution in [2.75, 3.05) is 21.3 Å². The number of benzene rings is 2. The van der Waals surface area contributed by atoms with Crippen molar-refractivity contribution in [1.82, 2.24) is 4.98 Å². The van der Waals surface area contributed by atoms with Crippen LogP contribution in [-0.2, 0) is 4.79 Å². The van der Waals surface area contributed by atoms with E-state index in [1.165, 1.54) is 33.5 Å². The third kappa shape index (κ3) is 4.45. The molecule has 0 saturated heterocycles. The number of halogens is 2. The van der Waals surface area contributed by atoms with E-state index in [4.69, 9.17) is 42.1 Å². The molecule has 3 rings (SSSR count). The number of ether oxygens (including phenoxy) is 4. The number of fused-ring (bicyclic) bond motifs is 1. The van der Waals surface area contributed by atoms with Crippen LogP contribution in [0.15, 0.2) is 36.4 Å². The Hall–Kier alpha value is -2.96. The lowest BCUT2D eigenvalue weighted by Crippen LogP contribution is -2.05. The Morgan fingerprint density at radius 1 is 0.933 bits per heavy atom. The Morgan fingerprint density at radius 3 is 2.20 bits per heavy atom. The van der Waals surface area contributed by atoms with E-state index in [1.54, 1.807) is 24.3 Å². The number of carbonyl (C=O) groups is 1. The number of aromatic nitrogens is 1. The first-order chi connectivity index (χ1) is 14.4. The summed E-state index contributed by atoms with van der Waals surface area (Å²) in [4.78, 5) is 16.9. The van der Waals surface area contributed by atoms with Gasteiger partial charge >= 0.3 is 5.97 Å². The first-order valence-electron chi connectivity index (χ1n) is 8.83. The normalized spacial score (nSPS) is 11.0. The molecule has 3 aromatic rings. The molecule has 0 unspecified atom stereocenters. The van der Waals surface area contributed by atoms with Crippen LogP contribution in [0.2, 0.25) is 10.0 Å². The lowest BCUT2D eigenvalue weighted by Gasteiger charge is -2.13. The van der Waals surface area contributed by atoms with E-state index in [9.17, 15) is 4.79 Å². The van der Waals surface area contributed by atoms with Crippen LogP contribution in [0.4, 0.5) is 0 Å². The number of nitrogens with zero attached hydrogens (tertiary/aromatic N) is 1. The molecule has 0 radical (unpaired) electrons. The van der Waals surface area contributed by atoms with E-state index in [0.29, 0.717) is 38.7 Å². The molecule has 0 aliphatic carbocycles. The second kappa shape index (κ2) is 9.24. The third-order valence-electron chi connectivity index (χ3n) is 4.28. The molecular weight excluding hydrogens is 429 g/mol. The van der Waals surface area contributed by atoms with E-state index in [0.717, 1.165) is 5.69 Å². The van der Waals surface area contributed by atoms with Gasteiger partial charge in [-0.05, 0) is 48.9 Å². The summed E-state index contributed by atoms with van der Waals surface area (Å²) in [5.74, 6) is 0.921. The van der Waals surface area contributed by atoms with Gasteiger partial charge in [0.05, 0.1) is 31.4 Å². The molecule has 8 heteroatoms. The van der Waals surface area contributed by atoms with Gasteiger partial charge < -0.3 is 18.9 Å². The quantitative estimate of drug-likeness (QED) is 0.282. The molecule has 0 spiro atoms. The van der Waals surface area contributed by atoms with Gasteiger partial charge in [-0.3, -0.25) is 0 Å². The van der Waals surface area contributed by atoms with Crippen molar-refractivity contribution >= 4 is 46.2 Å². The fourth-order valence-electron chi connectivity index (χ4n) is 2.88. The Bertz CT molecular complexity index is 1120. The minimum Gasteiger partial charge on any atom is -0.493 e. The number of pyridine rings is 1. The highest BCUT2D eigenvalue weighted by Gasteiger charge is 2.16. The Morgan fingerprint density at radius 2 is 1.60 bits per heavy atom. The van der Waals surface area contributed by atoms with Gasteiger partial charge in [0.25, 0.3) is 0 Å². The molecule has 0 amide bonds. The molecule has 0 atom stereocenters. The topological polar surface area (TPSA) is 66.9 Å². The molecule has 2 aromatic carbocycles. The molecule has 1 heterocycles.